The van der Waals surface area contributed by atoms with Gasteiger partial charge in [0.05, 0.1) is 31.5 Å². The SMILES string of the molecule is C[C@@H](O)CCC1OCCOC1CCC/C=C/c1cc(OCc2ccccc2)cc(OCc2ccccc2)c1C(=O)O. The third-order valence-corrected chi connectivity index (χ3v) is 6.99. The summed E-state index contributed by atoms with van der Waals surface area (Å²) >= 11 is 0. The molecule has 0 spiro atoms. The van der Waals surface area contributed by atoms with Gasteiger partial charge < -0.3 is 29.2 Å². The zero-order valence-electron chi connectivity index (χ0n) is 23.6. The number of aromatic carboxylic acids is 1. The summed E-state index contributed by atoms with van der Waals surface area (Å²) in [4.78, 5) is 12.4. The fraction of sp³-hybridized carbons (Fsp3) is 0.382. The van der Waals surface area contributed by atoms with Crippen molar-refractivity contribution in [2.24, 2.45) is 0 Å². The van der Waals surface area contributed by atoms with Crippen molar-refractivity contribution in [3.63, 3.8) is 0 Å². The summed E-state index contributed by atoms with van der Waals surface area (Å²) in [5.41, 5.74) is 2.58. The van der Waals surface area contributed by atoms with Crippen molar-refractivity contribution in [3.05, 3.63) is 101 Å². The largest absolute Gasteiger partial charge is 0.489 e. The van der Waals surface area contributed by atoms with Crippen LogP contribution in [0.25, 0.3) is 6.08 Å². The van der Waals surface area contributed by atoms with E-state index in [4.69, 9.17) is 18.9 Å². The minimum absolute atomic E-state index is 0.00168. The van der Waals surface area contributed by atoms with Gasteiger partial charge in [0.1, 0.15) is 30.3 Å². The van der Waals surface area contributed by atoms with E-state index in [1.807, 2.05) is 72.8 Å². The molecule has 1 aliphatic heterocycles. The van der Waals surface area contributed by atoms with Gasteiger partial charge in [-0.2, -0.15) is 0 Å². The van der Waals surface area contributed by atoms with Gasteiger partial charge in [0.2, 0.25) is 0 Å². The van der Waals surface area contributed by atoms with Crippen LogP contribution in [-0.2, 0) is 22.7 Å². The second-order valence-electron chi connectivity index (χ2n) is 10.3. The Morgan fingerprint density at radius 3 is 2.15 bits per heavy atom. The van der Waals surface area contributed by atoms with Crippen LogP contribution in [0, 0.1) is 0 Å². The molecule has 0 radical (unpaired) electrons. The molecule has 7 heteroatoms. The maximum Gasteiger partial charge on any atom is 0.340 e. The van der Waals surface area contributed by atoms with Crippen LogP contribution < -0.4 is 9.47 Å². The summed E-state index contributed by atoms with van der Waals surface area (Å²) in [6.45, 7) is 3.54. The van der Waals surface area contributed by atoms with E-state index in [1.165, 1.54) is 0 Å². The fourth-order valence-electron chi connectivity index (χ4n) is 4.85. The molecule has 3 aromatic rings. The van der Waals surface area contributed by atoms with Crippen LogP contribution in [0.15, 0.2) is 78.9 Å². The molecule has 41 heavy (non-hydrogen) atoms. The molecule has 1 heterocycles. The average Bonchev–Trinajstić information content (AvgIpc) is 2.99. The van der Waals surface area contributed by atoms with Crippen LogP contribution in [0.5, 0.6) is 11.5 Å². The molecule has 1 saturated heterocycles. The fourth-order valence-corrected chi connectivity index (χ4v) is 4.85. The van der Waals surface area contributed by atoms with Crippen molar-refractivity contribution in [3.8, 4) is 11.5 Å². The molecule has 0 aromatic heterocycles. The van der Waals surface area contributed by atoms with Crippen molar-refractivity contribution < 1.29 is 34.0 Å². The molecule has 0 saturated carbocycles. The van der Waals surface area contributed by atoms with Gasteiger partial charge in [-0.3, -0.25) is 0 Å². The number of aliphatic hydroxyl groups excluding tert-OH is 1. The number of carbonyl (C=O) groups is 1. The van der Waals surface area contributed by atoms with E-state index in [-0.39, 0.29) is 36.2 Å². The summed E-state index contributed by atoms with van der Waals surface area (Å²) in [5.74, 6) is -0.258. The van der Waals surface area contributed by atoms with Gasteiger partial charge in [-0.05, 0) is 61.8 Å². The van der Waals surface area contributed by atoms with Gasteiger partial charge in [0, 0.05) is 6.07 Å². The highest BCUT2D eigenvalue weighted by atomic mass is 16.6. The highest BCUT2D eigenvalue weighted by Gasteiger charge is 2.26. The Kier molecular flexibility index (Phi) is 11.8. The summed E-state index contributed by atoms with van der Waals surface area (Å²) in [6.07, 6.45) is 7.32. The van der Waals surface area contributed by atoms with Gasteiger partial charge >= 0.3 is 5.97 Å². The summed E-state index contributed by atoms with van der Waals surface area (Å²) in [7, 11) is 0. The number of aliphatic hydroxyl groups is 1. The molecule has 3 atom stereocenters. The Labute approximate surface area is 242 Å². The van der Waals surface area contributed by atoms with Crippen molar-refractivity contribution in [2.75, 3.05) is 13.2 Å². The van der Waals surface area contributed by atoms with Gasteiger partial charge in [-0.25, -0.2) is 4.79 Å². The Morgan fingerprint density at radius 2 is 1.54 bits per heavy atom. The van der Waals surface area contributed by atoms with Crippen LogP contribution in [0.3, 0.4) is 0 Å². The van der Waals surface area contributed by atoms with E-state index >= 15 is 0 Å². The number of unbranched alkanes of at least 4 members (excludes halogenated alkanes) is 1. The molecular formula is C34H40O7. The van der Waals surface area contributed by atoms with Crippen molar-refractivity contribution in [1.82, 2.24) is 0 Å². The first-order valence-electron chi connectivity index (χ1n) is 14.3. The van der Waals surface area contributed by atoms with Crippen LogP contribution in [-0.4, -0.2) is 47.7 Å². The third kappa shape index (κ3) is 9.74. The molecule has 1 aliphatic rings. The predicted octanol–water partition coefficient (Wildman–Crippen LogP) is 6.67. The van der Waals surface area contributed by atoms with Crippen molar-refractivity contribution in [2.45, 2.75) is 70.6 Å². The molecule has 3 aromatic carbocycles. The predicted molar refractivity (Wildman–Crippen MR) is 158 cm³/mol. The van der Waals surface area contributed by atoms with E-state index < -0.39 is 5.97 Å². The molecule has 0 aliphatic carbocycles. The quantitative estimate of drug-likeness (QED) is 0.201. The van der Waals surface area contributed by atoms with E-state index in [0.717, 1.165) is 36.8 Å². The lowest BCUT2D eigenvalue weighted by Gasteiger charge is -2.32. The first kappa shape index (κ1) is 30.3. The molecular weight excluding hydrogens is 520 g/mol. The summed E-state index contributed by atoms with van der Waals surface area (Å²) < 4.78 is 24.0. The lowest BCUT2D eigenvalue weighted by molar-refractivity contribution is -0.146. The van der Waals surface area contributed by atoms with Crippen LogP contribution in [0.1, 0.15) is 66.1 Å². The van der Waals surface area contributed by atoms with Crippen LogP contribution in [0.4, 0.5) is 0 Å². The topological polar surface area (TPSA) is 94.5 Å². The number of ether oxygens (including phenoxy) is 4. The number of benzene rings is 3. The molecule has 0 bridgehead atoms. The standard InChI is InChI=1S/C34H40O7/c1-25(35)17-18-31-30(38-19-20-39-31)16-10-4-9-15-28-21-29(40-23-26-11-5-2-6-12-26)22-32(33(28)34(36)37)41-24-27-13-7-3-8-14-27/h2-3,5-9,11-15,21-22,25,30-31,35H,4,10,16-20,23-24H2,1H3,(H,36,37)/b15-9+/t25-,30?,31?/m1/s1. The van der Waals surface area contributed by atoms with E-state index in [0.29, 0.717) is 37.6 Å². The molecule has 4 rings (SSSR count). The minimum atomic E-state index is -1.06. The van der Waals surface area contributed by atoms with E-state index in [1.54, 1.807) is 19.1 Å². The highest BCUT2D eigenvalue weighted by molar-refractivity contribution is 5.95. The molecule has 2 unspecified atom stereocenters. The first-order chi connectivity index (χ1) is 20.0. The number of rotatable bonds is 15. The number of carboxylic acids is 1. The zero-order valence-corrected chi connectivity index (χ0v) is 23.6. The zero-order chi connectivity index (χ0) is 28.9. The van der Waals surface area contributed by atoms with E-state index in [9.17, 15) is 15.0 Å². The van der Waals surface area contributed by atoms with Gasteiger partial charge in [0.25, 0.3) is 0 Å². The molecule has 0 amide bonds. The molecule has 2 N–H and O–H groups in total. The summed E-state index contributed by atoms with van der Waals surface area (Å²) in [6, 6.07) is 22.9. The smallest absolute Gasteiger partial charge is 0.340 e. The average molecular weight is 561 g/mol. The Bertz CT molecular complexity index is 1240. The van der Waals surface area contributed by atoms with Crippen molar-refractivity contribution in [1.29, 1.82) is 0 Å². The maximum absolute atomic E-state index is 12.4. The normalized spacial score (nSPS) is 17.8. The minimum Gasteiger partial charge on any atom is -0.489 e. The Balaban J connectivity index is 1.46. The van der Waals surface area contributed by atoms with Crippen LogP contribution in [0.2, 0.25) is 0 Å². The Hall–Kier alpha value is -3.65. The van der Waals surface area contributed by atoms with Crippen molar-refractivity contribution >= 4 is 12.0 Å². The second kappa shape index (κ2) is 16.0. The lowest BCUT2D eigenvalue weighted by Crippen LogP contribution is -2.38. The first-order valence-corrected chi connectivity index (χ1v) is 14.3. The van der Waals surface area contributed by atoms with Gasteiger partial charge in [-0.15, -0.1) is 0 Å². The number of carboxylic acid groups (broad SMARTS) is 1. The van der Waals surface area contributed by atoms with E-state index in [2.05, 4.69) is 0 Å². The molecule has 1 fully saturated rings. The molecule has 7 nitrogen and oxygen atoms in total. The number of allylic oxidation sites excluding steroid dienone is 1. The van der Waals surface area contributed by atoms with Crippen LogP contribution >= 0.6 is 0 Å². The molecule has 218 valence electrons. The number of hydrogen-bond donors (Lipinski definition) is 2. The highest BCUT2D eigenvalue weighted by Crippen LogP contribution is 2.32. The maximum atomic E-state index is 12.4. The third-order valence-electron chi connectivity index (χ3n) is 6.99. The lowest BCUT2D eigenvalue weighted by atomic mass is 10.00. The van der Waals surface area contributed by atoms with Gasteiger partial charge in [-0.1, -0.05) is 72.8 Å². The Morgan fingerprint density at radius 1 is 0.927 bits per heavy atom. The number of hydrogen-bond acceptors (Lipinski definition) is 6. The summed E-state index contributed by atoms with van der Waals surface area (Å²) in [5, 5.41) is 19.8. The van der Waals surface area contributed by atoms with Gasteiger partial charge in [0.15, 0.2) is 0 Å². The monoisotopic (exact) mass is 560 g/mol. The second-order valence-corrected chi connectivity index (χ2v) is 10.3.